The summed E-state index contributed by atoms with van der Waals surface area (Å²) in [6, 6.07) is 0. The van der Waals surface area contributed by atoms with Crippen LogP contribution in [0.4, 0.5) is 0 Å². The van der Waals surface area contributed by atoms with Crippen molar-refractivity contribution in [3.05, 3.63) is 0 Å². The summed E-state index contributed by atoms with van der Waals surface area (Å²) in [5.41, 5.74) is 0.344. The molecule has 0 spiro atoms. The van der Waals surface area contributed by atoms with Crippen LogP contribution in [0.25, 0.3) is 0 Å². The van der Waals surface area contributed by atoms with Gasteiger partial charge in [0, 0.05) is 0 Å². The maximum Gasteiger partial charge on any atom is 0.235 e. The zero-order valence-electron chi connectivity index (χ0n) is 9.58. The second-order valence-electron chi connectivity index (χ2n) is 5.71. The lowest BCUT2D eigenvalue weighted by atomic mass is 9.54. The first-order chi connectivity index (χ1) is 7.08. The zero-order valence-corrected chi connectivity index (χ0v) is 10.4. The highest BCUT2D eigenvalue weighted by Gasteiger charge is 2.53. The van der Waals surface area contributed by atoms with Crippen molar-refractivity contribution >= 4 is 17.8 Å². The lowest BCUT2D eigenvalue weighted by Gasteiger charge is -2.54. The molecule has 1 heterocycles. The number of hydrogen-bond donors (Lipinski definition) is 0. The lowest BCUT2D eigenvalue weighted by Crippen LogP contribution is -2.53. The van der Waals surface area contributed by atoms with Gasteiger partial charge in [0.2, 0.25) is 6.08 Å². The molecule has 2 fully saturated rings. The second-order valence-corrected chi connectivity index (χ2v) is 6.94. The van der Waals surface area contributed by atoms with E-state index in [-0.39, 0.29) is 5.54 Å². The standard InChI is InChI=1S/C12H19NOS/c1-11(2)7-12(8-11,13-9-14)10-3-5-15-6-4-10/h10H,3-8H2,1-2H3. The predicted octanol–water partition coefficient (Wildman–Crippen LogP) is 3.02. The average Bonchev–Trinajstić information content (AvgIpc) is 2.16. The summed E-state index contributed by atoms with van der Waals surface area (Å²) >= 11 is 2.03. The molecule has 0 unspecified atom stereocenters. The van der Waals surface area contributed by atoms with Crippen molar-refractivity contribution in [3.8, 4) is 0 Å². The molecule has 84 valence electrons. The molecule has 1 saturated heterocycles. The Bertz CT molecular complexity index is 280. The van der Waals surface area contributed by atoms with Crippen LogP contribution in [0.15, 0.2) is 4.99 Å². The molecule has 2 nitrogen and oxygen atoms in total. The third kappa shape index (κ3) is 2.14. The predicted molar refractivity (Wildman–Crippen MR) is 63.9 cm³/mol. The van der Waals surface area contributed by atoms with E-state index < -0.39 is 0 Å². The summed E-state index contributed by atoms with van der Waals surface area (Å²) < 4.78 is 0. The van der Waals surface area contributed by atoms with Crippen molar-refractivity contribution in [3.63, 3.8) is 0 Å². The van der Waals surface area contributed by atoms with Gasteiger partial charge >= 0.3 is 0 Å². The van der Waals surface area contributed by atoms with Gasteiger partial charge in [-0.3, -0.25) is 0 Å². The first-order valence-corrected chi connectivity index (χ1v) is 6.90. The van der Waals surface area contributed by atoms with Crippen molar-refractivity contribution in [1.29, 1.82) is 0 Å². The van der Waals surface area contributed by atoms with E-state index in [0.717, 1.165) is 12.8 Å². The summed E-state index contributed by atoms with van der Waals surface area (Å²) in [6.07, 6.45) is 6.42. The average molecular weight is 225 g/mol. The van der Waals surface area contributed by atoms with Crippen LogP contribution < -0.4 is 0 Å². The molecule has 1 aliphatic carbocycles. The molecule has 0 bridgehead atoms. The Kier molecular flexibility index (Phi) is 2.96. The molecule has 3 heteroatoms. The fourth-order valence-corrected chi connectivity index (χ4v) is 4.50. The normalized spacial score (nSPS) is 28.9. The SMILES string of the molecule is CC1(C)CC(N=C=O)(C2CCSCC2)C1. The van der Waals surface area contributed by atoms with Gasteiger partial charge in [-0.05, 0) is 48.5 Å². The lowest BCUT2D eigenvalue weighted by molar-refractivity contribution is 0.0153. The Balaban J connectivity index is 2.10. The molecule has 1 aliphatic heterocycles. The Labute approximate surface area is 95.9 Å². The van der Waals surface area contributed by atoms with Crippen LogP contribution in [0.2, 0.25) is 0 Å². The number of rotatable bonds is 2. The summed E-state index contributed by atoms with van der Waals surface area (Å²) in [5, 5.41) is 0. The summed E-state index contributed by atoms with van der Waals surface area (Å²) in [5.74, 6) is 3.11. The zero-order chi connectivity index (χ0) is 10.9. The third-order valence-corrected chi connectivity index (χ3v) is 4.87. The molecule has 2 rings (SSSR count). The van der Waals surface area contributed by atoms with Gasteiger partial charge in [-0.25, -0.2) is 4.79 Å². The van der Waals surface area contributed by atoms with Crippen molar-refractivity contribution in [1.82, 2.24) is 0 Å². The summed E-state index contributed by atoms with van der Waals surface area (Å²) in [7, 11) is 0. The fraction of sp³-hybridized carbons (Fsp3) is 0.917. The third-order valence-electron chi connectivity index (χ3n) is 3.82. The maximum absolute atomic E-state index is 10.6. The van der Waals surface area contributed by atoms with E-state index in [1.807, 2.05) is 17.8 Å². The fourth-order valence-electron chi connectivity index (χ4n) is 3.39. The van der Waals surface area contributed by atoms with Crippen LogP contribution >= 0.6 is 11.8 Å². The number of thioether (sulfide) groups is 1. The van der Waals surface area contributed by atoms with Crippen LogP contribution in [0.1, 0.15) is 39.5 Å². The van der Waals surface area contributed by atoms with E-state index in [0.29, 0.717) is 11.3 Å². The maximum atomic E-state index is 10.6. The summed E-state index contributed by atoms with van der Waals surface area (Å²) in [6.45, 7) is 4.53. The van der Waals surface area contributed by atoms with Crippen LogP contribution in [-0.2, 0) is 4.79 Å². The first-order valence-electron chi connectivity index (χ1n) is 5.75. The van der Waals surface area contributed by atoms with Gasteiger partial charge in [-0.2, -0.15) is 16.8 Å². The molecule has 0 radical (unpaired) electrons. The van der Waals surface area contributed by atoms with E-state index in [2.05, 4.69) is 18.8 Å². The Morgan fingerprint density at radius 1 is 1.27 bits per heavy atom. The van der Waals surface area contributed by atoms with Crippen molar-refractivity contribution in [2.45, 2.75) is 45.1 Å². The van der Waals surface area contributed by atoms with E-state index in [4.69, 9.17) is 0 Å². The molecule has 2 aliphatic rings. The monoisotopic (exact) mass is 225 g/mol. The molecule has 0 N–H and O–H groups in total. The van der Waals surface area contributed by atoms with E-state index in [9.17, 15) is 4.79 Å². The molecular formula is C12H19NOS. The molecule has 0 atom stereocenters. The number of aliphatic imine (C=N–C) groups is 1. The number of hydrogen-bond acceptors (Lipinski definition) is 3. The van der Waals surface area contributed by atoms with Gasteiger partial charge in [0.1, 0.15) is 0 Å². The Morgan fingerprint density at radius 2 is 1.87 bits per heavy atom. The van der Waals surface area contributed by atoms with Crippen LogP contribution in [0, 0.1) is 11.3 Å². The number of isocyanates is 1. The van der Waals surface area contributed by atoms with Crippen LogP contribution in [-0.4, -0.2) is 23.1 Å². The topological polar surface area (TPSA) is 29.4 Å². The number of carbonyl (C=O) groups excluding carboxylic acids is 1. The molecule has 0 aromatic carbocycles. The van der Waals surface area contributed by atoms with Gasteiger partial charge in [-0.1, -0.05) is 13.8 Å². The van der Waals surface area contributed by atoms with Gasteiger partial charge in [0.25, 0.3) is 0 Å². The molecular weight excluding hydrogens is 206 g/mol. The quantitative estimate of drug-likeness (QED) is 0.534. The largest absolute Gasteiger partial charge is 0.235 e. The Morgan fingerprint density at radius 3 is 2.33 bits per heavy atom. The molecule has 15 heavy (non-hydrogen) atoms. The minimum atomic E-state index is -0.0355. The highest BCUT2D eigenvalue weighted by Crippen LogP contribution is 2.56. The summed E-state index contributed by atoms with van der Waals surface area (Å²) in [4.78, 5) is 14.7. The van der Waals surface area contributed by atoms with Gasteiger partial charge in [0.05, 0.1) is 5.54 Å². The van der Waals surface area contributed by atoms with Gasteiger partial charge in [-0.15, -0.1) is 0 Å². The minimum Gasteiger partial charge on any atom is -0.211 e. The highest BCUT2D eigenvalue weighted by molar-refractivity contribution is 7.99. The van der Waals surface area contributed by atoms with Gasteiger partial charge < -0.3 is 0 Å². The molecule has 0 aromatic rings. The van der Waals surface area contributed by atoms with Crippen LogP contribution in [0.3, 0.4) is 0 Å². The molecule has 0 amide bonds. The minimum absolute atomic E-state index is 0.0355. The highest BCUT2D eigenvalue weighted by atomic mass is 32.2. The smallest absolute Gasteiger partial charge is 0.211 e. The van der Waals surface area contributed by atoms with Crippen molar-refractivity contribution < 1.29 is 4.79 Å². The Hall–Kier alpha value is -0.270. The van der Waals surface area contributed by atoms with E-state index >= 15 is 0 Å². The van der Waals surface area contributed by atoms with Crippen molar-refractivity contribution in [2.24, 2.45) is 16.3 Å². The second kappa shape index (κ2) is 3.95. The molecule has 0 aromatic heterocycles. The van der Waals surface area contributed by atoms with Gasteiger partial charge in [0.15, 0.2) is 0 Å². The number of nitrogens with zero attached hydrogens (tertiary/aromatic N) is 1. The van der Waals surface area contributed by atoms with E-state index in [1.165, 1.54) is 24.3 Å². The van der Waals surface area contributed by atoms with Crippen molar-refractivity contribution in [2.75, 3.05) is 11.5 Å². The van der Waals surface area contributed by atoms with Crippen LogP contribution in [0.5, 0.6) is 0 Å². The van der Waals surface area contributed by atoms with E-state index in [1.54, 1.807) is 0 Å². The first kappa shape index (κ1) is 11.2. The molecule has 1 saturated carbocycles.